The van der Waals surface area contributed by atoms with Crippen LogP contribution in [0.1, 0.15) is 65.5 Å². The number of esters is 2. The van der Waals surface area contributed by atoms with E-state index in [9.17, 15) is 9.59 Å². The van der Waals surface area contributed by atoms with Crippen LogP contribution in [0.5, 0.6) is 0 Å². The molecule has 0 radical (unpaired) electrons. The highest BCUT2D eigenvalue weighted by Crippen LogP contribution is 2.22. The fourth-order valence-corrected chi connectivity index (χ4v) is 2.43. The summed E-state index contributed by atoms with van der Waals surface area (Å²) in [6, 6.07) is 0. The first-order valence-corrected chi connectivity index (χ1v) is 7.41. The smallest absolute Gasteiger partial charge is 0.376 e. The van der Waals surface area contributed by atoms with Crippen molar-refractivity contribution in [2.75, 3.05) is 13.2 Å². The van der Waals surface area contributed by atoms with Crippen LogP contribution in [0.25, 0.3) is 0 Å². The Kier molecular flexibility index (Phi) is 5.25. The second kappa shape index (κ2) is 7.15. The number of hydrogen-bond donors (Lipinski definition) is 0. The molecule has 0 N–H and O–H groups in total. The zero-order valence-corrected chi connectivity index (χ0v) is 12.5. The van der Waals surface area contributed by atoms with Crippen molar-refractivity contribution in [2.24, 2.45) is 0 Å². The first-order chi connectivity index (χ1) is 10.2. The molecule has 1 aromatic heterocycles. The Morgan fingerprint density at radius 1 is 0.952 bits per heavy atom. The fraction of sp³-hybridized carbons (Fsp3) is 0.600. The van der Waals surface area contributed by atoms with Crippen molar-refractivity contribution in [1.82, 2.24) is 9.97 Å². The maximum atomic E-state index is 12.1. The lowest BCUT2D eigenvalue weighted by Gasteiger charge is -2.12. The third-order valence-electron chi connectivity index (χ3n) is 3.36. The van der Waals surface area contributed by atoms with E-state index in [0.717, 1.165) is 43.4 Å². The van der Waals surface area contributed by atoms with E-state index in [1.165, 1.54) is 0 Å². The van der Waals surface area contributed by atoms with E-state index in [0.29, 0.717) is 0 Å². The van der Waals surface area contributed by atoms with Gasteiger partial charge in [0, 0.05) is 11.3 Å². The first-order valence-electron chi connectivity index (χ1n) is 7.41. The molecule has 2 rings (SSSR count). The Balaban J connectivity index is 2.46. The van der Waals surface area contributed by atoms with Gasteiger partial charge in [0.05, 0.1) is 13.2 Å². The van der Waals surface area contributed by atoms with Crippen molar-refractivity contribution < 1.29 is 19.1 Å². The fourth-order valence-electron chi connectivity index (χ4n) is 2.43. The van der Waals surface area contributed by atoms with Crippen LogP contribution in [0.15, 0.2) is 0 Å². The quantitative estimate of drug-likeness (QED) is 0.624. The summed E-state index contributed by atoms with van der Waals surface area (Å²) in [6.45, 7) is 3.97. The summed E-state index contributed by atoms with van der Waals surface area (Å²) in [5.41, 5.74) is 1.81. The normalized spacial score (nSPS) is 14.0. The SMILES string of the molecule is CCOC(=O)c1nc2c(c(C(=O)OCC)n1)CCCCC2. The summed E-state index contributed by atoms with van der Waals surface area (Å²) < 4.78 is 9.98. The van der Waals surface area contributed by atoms with E-state index in [1.54, 1.807) is 13.8 Å². The van der Waals surface area contributed by atoms with Crippen molar-refractivity contribution in [3.8, 4) is 0 Å². The number of nitrogens with zero attached hydrogens (tertiary/aromatic N) is 2. The van der Waals surface area contributed by atoms with Gasteiger partial charge in [-0.1, -0.05) is 6.42 Å². The number of carbonyl (C=O) groups excluding carboxylic acids is 2. The van der Waals surface area contributed by atoms with E-state index in [-0.39, 0.29) is 24.7 Å². The van der Waals surface area contributed by atoms with E-state index >= 15 is 0 Å². The highest BCUT2D eigenvalue weighted by Gasteiger charge is 2.24. The van der Waals surface area contributed by atoms with Gasteiger partial charge >= 0.3 is 11.9 Å². The molecule has 0 saturated carbocycles. The Morgan fingerprint density at radius 2 is 1.62 bits per heavy atom. The molecule has 1 heterocycles. The number of aryl methyl sites for hydroxylation is 1. The Morgan fingerprint density at radius 3 is 2.33 bits per heavy atom. The van der Waals surface area contributed by atoms with Gasteiger partial charge in [0.2, 0.25) is 5.82 Å². The Labute approximate surface area is 123 Å². The van der Waals surface area contributed by atoms with Crippen molar-refractivity contribution in [1.29, 1.82) is 0 Å². The van der Waals surface area contributed by atoms with E-state index in [2.05, 4.69) is 9.97 Å². The monoisotopic (exact) mass is 292 g/mol. The lowest BCUT2D eigenvalue weighted by atomic mass is 10.1. The lowest BCUT2D eigenvalue weighted by Crippen LogP contribution is -2.19. The summed E-state index contributed by atoms with van der Waals surface area (Å²) in [7, 11) is 0. The standard InChI is InChI=1S/C15H20N2O4/c1-3-20-14(18)12-10-8-6-5-7-9-11(10)16-13(17-12)15(19)21-4-2/h3-9H2,1-2H3. The molecule has 1 aromatic rings. The van der Waals surface area contributed by atoms with Crippen molar-refractivity contribution in [3.05, 3.63) is 22.8 Å². The van der Waals surface area contributed by atoms with Crippen LogP contribution in [0.2, 0.25) is 0 Å². The molecule has 0 bridgehead atoms. The van der Waals surface area contributed by atoms with Crippen LogP contribution < -0.4 is 0 Å². The maximum Gasteiger partial charge on any atom is 0.376 e. The molecule has 0 atom stereocenters. The minimum atomic E-state index is -0.602. The van der Waals surface area contributed by atoms with E-state index in [4.69, 9.17) is 9.47 Å². The average Bonchev–Trinajstić information content (AvgIpc) is 2.71. The van der Waals surface area contributed by atoms with Crippen LogP contribution in [0.3, 0.4) is 0 Å². The van der Waals surface area contributed by atoms with Crippen LogP contribution in [-0.4, -0.2) is 35.1 Å². The van der Waals surface area contributed by atoms with Gasteiger partial charge < -0.3 is 9.47 Å². The summed E-state index contributed by atoms with van der Waals surface area (Å²) in [5, 5.41) is 0. The number of ether oxygens (including phenoxy) is 2. The van der Waals surface area contributed by atoms with Gasteiger partial charge in [0.25, 0.3) is 0 Å². The van der Waals surface area contributed by atoms with Gasteiger partial charge in [-0.3, -0.25) is 0 Å². The molecule has 6 nitrogen and oxygen atoms in total. The van der Waals surface area contributed by atoms with Gasteiger partial charge in [-0.25, -0.2) is 19.6 Å². The molecule has 0 amide bonds. The van der Waals surface area contributed by atoms with Crippen LogP contribution in [-0.2, 0) is 22.3 Å². The highest BCUT2D eigenvalue weighted by molar-refractivity contribution is 5.92. The van der Waals surface area contributed by atoms with Crippen LogP contribution in [0.4, 0.5) is 0 Å². The number of rotatable bonds is 4. The van der Waals surface area contributed by atoms with Crippen molar-refractivity contribution >= 4 is 11.9 Å². The summed E-state index contributed by atoms with van der Waals surface area (Å²) in [4.78, 5) is 32.4. The Bertz CT molecular complexity index is 543. The number of carbonyl (C=O) groups is 2. The molecule has 1 aliphatic carbocycles. The molecule has 0 aromatic carbocycles. The molecule has 0 aliphatic heterocycles. The predicted molar refractivity (Wildman–Crippen MR) is 75.2 cm³/mol. The van der Waals surface area contributed by atoms with Gasteiger partial charge in [0.1, 0.15) is 0 Å². The maximum absolute atomic E-state index is 12.1. The average molecular weight is 292 g/mol. The second-order valence-electron chi connectivity index (χ2n) is 4.82. The summed E-state index contributed by atoms with van der Waals surface area (Å²) in [6.07, 6.45) is 4.55. The molecular formula is C15H20N2O4. The molecule has 0 fully saturated rings. The molecule has 6 heteroatoms. The van der Waals surface area contributed by atoms with E-state index < -0.39 is 11.9 Å². The second-order valence-corrected chi connectivity index (χ2v) is 4.82. The summed E-state index contributed by atoms with van der Waals surface area (Å²) >= 11 is 0. The zero-order valence-electron chi connectivity index (χ0n) is 12.5. The summed E-state index contributed by atoms with van der Waals surface area (Å²) in [5.74, 6) is -1.15. The predicted octanol–water partition coefficient (Wildman–Crippen LogP) is 2.10. The molecule has 0 spiro atoms. The highest BCUT2D eigenvalue weighted by atomic mass is 16.5. The Hall–Kier alpha value is -1.98. The van der Waals surface area contributed by atoms with Gasteiger partial charge in [-0.2, -0.15) is 0 Å². The minimum absolute atomic E-state index is 0.0550. The third kappa shape index (κ3) is 3.56. The largest absolute Gasteiger partial charge is 0.461 e. The minimum Gasteiger partial charge on any atom is -0.461 e. The molecule has 0 unspecified atom stereocenters. The van der Waals surface area contributed by atoms with Gasteiger partial charge in [-0.05, 0) is 39.5 Å². The lowest BCUT2D eigenvalue weighted by molar-refractivity contribution is 0.0504. The van der Waals surface area contributed by atoms with Crippen LogP contribution >= 0.6 is 0 Å². The van der Waals surface area contributed by atoms with Gasteiger partial charge in [0.15, 0.2) is 5.69 Å². The topological polar surface area (TPSA) is 78.4 Å². The van der Waals surface area contributed by atoms with Crippen LogP contribution in [0, 0.1) is 0 Å². The number of aromatic nitrogens is 2. The zero-order chi connectivity index (χ0) is 15.2. The number of fused-ring (bicyclic) bond motifs is 1. The van der Waals surface area contributed by atoms with Crippen molar-refractivity contribution in [2.45, 2.75) is 46.0 Å². The van der Waals surface area contributed by atoms with E-state index in [1.807, 2.05) is 0 Å². The molecule has 114 valence electrons. The van der Waals surface area contributed by atoms with Gasteiger partial charge in [-0.15, -0.1) is 0 Å². The molecular weight excluding hydrogens is 272 g/mol. The number of hydrogen-bond acceptors (Lipinski definition) is 6. The first kappa shape index (κ1) is 15.4. The molecule has 0 saturated heterocycles. The third-order valence-corrected chi connectivity index (χ3v) is 3.36. The molecule has 21 heavy (non-hydrogen) atoms. The van der Waals surface area contributed by atoms with Crippen molar-refractivity contribution in [3.63, 3.8) is 0 Å². The molecule has 1 aliphatic rings.